The summed E-state index contributed by atoms with van der Waals surface area (Å²) in [7, 11) is 0. The van der Waals surface area contributed by atoms with Crippen LogP contribution in [0.2, 0.25) is 0 Å². The predicted octanol–water partition coefficient (Wildman–Crippen LogP) is 0.251. The van der Waals surface area contributed by atoms with Gasteiger partial charge in [-0.05, 0) is 11.3 Å². The Bertz CT molecular complexity index is 369. The van der Waals surface area contributed by atoms with Gasteiger partial charge in [-0.3, -0.25) is 0 Å². The predicted molar refractivity (Wildman–Crippen MR) is 53.0 cm³/mol. The third-order valence-electron chi connectivity index (χ3n) is 2.11. The minimum absolute atomic E-state index is 0.145. The zero-order valence-electron chi connectivity index (χ0n) is 7.79. The van der Waals surface area contributed by atoms with Crippen molar-refractivity contribution in [3.63, 3.8) is 0 Å². The number of amides is 1. The Labute approximate surface area is 89.5 Å². The summed E-state index contributed by atoms with van der Waals surface area (Å²) in [5.74, 6) is 0. The Kier molecular flexibility index (Phi) is 2.58. The van der Waals surface area contributed by atoms with Crippen LogP contribution in [0.4, 0.5) is 9.93 Å². The molecule has 1 aliphatic rings. The van der Waals surface area contributed by atoms with Gasteiger partial charge in [-0.2, -0.15) is 0 Å². The number of carbonyl (C=O) groups is 1. The van der Waals surface area contributed by atoms with Crippen LogP contribution < -0.4 is 10.5 Å². The number of nitrogens with zero attached hydrogens (tertiary/aromatic N) is 3. The van der Waals surface area contributed by atoms with Crippen LogP contribution in [0.5, 0.6) is 5.19 Å². The van der Waals surface area contributed by atoms with Crippen molar-refractivity contribution in [2.45, 2.75) is 12.5 Å². The number of likely N-dealkylation sites (tertiary alicyclic amines) is 1. The van der Waals surface area contributed by atoms with Crippen molar-refractivity contribution in [2.75, 3.05) is 18.8 Å². The van der Waals surface area contributed by atoms with Gasteiger partial charge in [0, 0.05) is 13.0 Å². The van der Waals surface area contributed by atoms with Crippen LogP contribution in [-0.2, 0) is 0 Å². The van der Waals surface area contributed by atoms with Crippen molar-refractivity contribution < 1.29 is 14.6 Å². The average molecular weight is 230 g/mol. The van der Waals surface area contributed by atoms with Crippen LogP contribution in [0.15, 0.2) is 0 Å². The van der Waals surface area contributed by atoms with Crippen molar-refractivity contribution in [1.29, 1.82) is 0 Å². The fourth-order valence-corrected chi connectivity index (χ4v) is 1.94. The van der Waals surface area contributed by atoms with Gasteiger partial charge < -0.3 is 20.5 Å². The standard InChI is InChI=1S/C7H10N4O3S/c8-5-9-10-6(15-5)14-4-1-2-11(3-4)7(12)13/h4H,1-3H2,(H2,8,9)(H,12,13)/t4-/m0/s1. The highest BCUT2D eigenvalue weighted by Crippen LogP contribution is 2.23. The first-order valence-corrected chi connectivity index (χ1v) is 5.20. The highest BCUT2D eigenvalue weighted by molar-refractivity contribution is 7.16. The molecule has 3 N–H and O–H groups in total. The lowest BCUT2D eigenvalue weighted by molar-refractivity contribution is 0.145. The molecule has 1 saturated heterocycles. The van der Waals surface area contributed by atoms with Gasteiger partial charge in [0.25, 0.3) is 5.19 Å². The van der Waals surface area contributed by atoms with E-state index in [9.17, 15) is 4.79 Å². The number of anilines is 1. The van der Waals surface area contributed by atoms with Crippen molar-refractivity contribution >= 4 is 22.6 Å². The maximum Gasteiger partial charge on any atom is 0.407 e. The third-order valence-corrected chi connectivity index (χ3v) is 2.75. The van der Waals surface area contributed by atoms with E-state index in [1.54, 1.807) is 0 Å². The van der Waals surface area contributed by atoms with E-state index in [4.69, 9.17) is 15.6 Å². The molecule has 1 fully saturated rings. The van der Waals surface area contributed by atoms with Crippen LogP contribution in [-0.4, -0.2) is 45.5 Å². The van der Waals surface area contributed by atoms with E-state index in [-0.39, 0.29) is 6.10 Å². The summed E-state index contributed by atoms with van der Waals surface area (Å²) in [4.78, 5) is 11.9. The van der Waals surface area contributed by atoms with E-state index in [0.29, 0.717) is 29.8 Å². The quantitative estimate of drug-likeness (QED) is 0.755. The van der Waals surface area contributed by atoms with Crippen molar-refractivity contribution in [2.24, 2.45) is 0 Å². The lowest BCUT2D eigenvalue weighted by Crippen LogP contribution is -2.29. The van der Waals surface area contributed by atoms with E-state index in [1.807, 2.05) is 0 Å². The minimum Gasteiger partial charge on any atom is -0.465 e. The molecular formula is C7H10N4O3S. The summed E-state index contributed by atoms with van der Waals surface area (Å²) in [6, 6.07) is 0. The van der Waals surface area contributed by atoms with Gasteiger partial charge in [-0.15, -0.1) is 5.10 Å². The molecule has 0 radical (unpaired) electrons. The van der Waals surface area contributed by atoms with Crippen LogP contribution in [0.25, 0.3) is 0 Å². The molecule has 0 saturated carbocycles. The van der Waals surface area contributed by atoms with Gasteiger partial charge in [0.05, 0.1) is 6.54 Å². The largest absolute Gasteiger partial charge is 0.465 e. The number of rotatable bonds is 2. The number of hydrogen-bond acceptors (Lipinski definition) is 6. The van der Waals surface area contributed by atoms with Gasteiger partial charge >= 0.3 is 6.09 Å². The normalized spacial score (nSPS) is 20.5. The maximum absolute atomic E-state index is 10.6. The van der Waals surface area contributed by atoms with Gasteiger partial charge in [-0.1, -0.05) is 5.10 Å². The zero-order chi connectivity index (χ0) is 10.8. The van der Waals surface area contributed by atoms with Crippen LogP contribution in [0, 0.1) is 0 Å². The first kappa shape index (κ1) is 9.97. The Hall–Kier alpha value is -1.57. The molecule has 2 rings (SSSR count). The summed E-state index contributed by atoms with van der Waals surface area (Å²) in [6.45, 7) is 0.864. The minimum atomic E-state index is -0.919. The van der Waals surface area contributed by atoms with Gasteiger partial charge in [0.15, 0.2) is 0 Å². The van der Waals surface area contributed by atoms with E-state index in [0.717, 1.165) is 11.3 Å². The van der Waals surface area contributed by atoms with E-state index in [2.05, 4.69) is 10.2 Å². The molecule has 0 spiro atoms. The molecule has 0 aromatic carbocycles. The third kappa shape index (κ3) is 2.27. The molecule has 0 unspecified atom stereocenters. The first-order valence-electron chi connectivity index (χ1n) is 4.38. The van der Waals surface area contributed by atoms with E-state index < -0.39 is 6.09 Å². The summed E-state index contributed by atoms with van der Waals surface area (Å²) in [6.07, 6.45) is -0.391. The SMILES string of the molecule is Nc1nnc(O[C@H]2CCN(C(=O)O)C2)s1. The van der Waals surface area contributed by atoms with Crippen LogP contribution in [0.1, 0.15) is 6.42 Å². The van der Waals surface area contributed by atoms with Gasteiger partial charge in [0.2, 0.25) is 5.13 Å². The van der Waals surface area contributed by atoms with Crippen LogP contribution in [0.3, 0.4) is 0 Å². The summed E-state index contributed by atoms with van der Waals surface area (Å²) in [5, 5.41) is 16.8. The number of nitrogens with two attached hydrogens (primary N) is 1. The topological polar surface area (TPSA) is 102 Å². The fraction of sp³-hybridized carbons (Fsp3) is 0.571. The van der Waals surface area contributed by atoms with E-state index >= 15 is 0 Å². The highest BCUT2D eigenvalue weighted by Gasteiger charge is 2.27. The molecule has 1 amide bonds. The molecule has 7 nitrogen and oxygen atoms in total. The molecular weight excluding hydrogens is 220 g/mol. The molecule has 1 atom stereocenters. The Morgan fingerprint density at radius 1 is 1.67 bits per heavy atom. The summed E-state index contributed by atoms with van der Waals surface area (Å²) in [5.41, 5.74) is 5.39. The molecule has 1 aromatic heterocycles. The Morgan fingerprint density at radius 3 is 3.00 bits per heavy atom. The lowest BCUT2D eigenvalue weighted by atomic mass is 10.3. The molecule has 0 aliphatic carbocycles. The monoisotopic (exact) mass is 230 g/mol. The lowest BCUT2D eigenvalue weighted by Gasteiger charge is -2.11. The van der Waals surface area contributed by atoms with Crippen molar-refractivity contribution in [3.05, 3.63) is 0 Å². The van der Waals surface area contributed by atoms with Crippen molar-refractivity contribution in [1.82, 2.24) is 15.1 Å². The number of nitrogen functional groups attached to an aromatic ring is 1. The molecule has 1 aromatic rings. The second kappa shape index (κ2) is 3.89. The average Bonchev–Trinajstić information content (AvgIpc) is 2.76. The smallest absolute Gasteiger partial charge is 0.407 e. The van der Waals surface area contributed by atoms with Gasteiger partial charge in [-0.25, -0.2) is 4.79 Å². The molecule has 82 valence electrons. The van der Waals surface area contributed by atoms with Crippen LogP contribution >= 0.6 is 11.3 Å². The van der Waals surface area contributed by atoms with Crippen molar-refractivity contribution in [3.8, 4) is 5.19 Å². The van der Waals surface area contributed by atoms with E-state index in [1.165, 1.54) is 4.90 Å². The number of carboxylic acid groups (broad SMARTS) is 1. The molecule has 15 heavy (non-hydrogen) atoms. The highest BCUT2D eigenvalue weighted by atomic mass is 32.1. The zero-order valence-corrected chi connectivity index (χ0v) is 8.61. The molecule has 2 heterocycles. The fourth-order valence-electron chi connectivity index (χ4n) is 1.41. The summed E-state index contributed by atoms with van der Waals surface area (Å²) >= 11 is 1.15. The second-order valence-electron chi connectivity index (χ2n) is 3.16. The second-order valence-corrected chi connectivity index (χ2v) is 4.13. The van der Waals surface area contributed by atoms with Gasteiger partial charge in [0.1, 0.15) is 6.10 Å². The Morgan fingerprint density at radius 2 is 2.47 bits per heavy atom. The first-order chi connectivity index (χ1) is 7.15. The number of hydrogen-bond donors (Lipinski definition) is 2. The Balaban J connectivity index is 1.90. The molecule has 0 bridgehead atoms. The number of ether oxygens (including phenoxy) is 1. The number of aromatic nitrogens is 2. The molecule has 8 heteroatoms. The summed E-state index contributed by atoms with van der Waals surface area (Å²) < 4.78 is 5.44. The maximum atomic E-state index is 10.6. The molecule has 1 aliphatic heterocycles.